The maximum atomic E-state index is 12.0. The lowest BCUT2D eigenvalue weighted by molar-refractivity contribution is -0.150. The van der Waals surface area contributed by atoms with Crippen molar-refractivity contribution in [2.75, 3.05) is 13.7 Å². The molecule has 5 heteroatoms. The molecule has 0 aromatic heterocycles. The van der Waals surface area contributed by atoms with E-state index < -0.39 is 12.1 Å². The summed E-state index contributed by atoms with van der Waals surface area (Å²) in [6.45, 7) is 2.26. The van der Waals surface area contributed by atoms with Crippen molar-refractivity contribution in [1.82, 2.24) is 5.32 Å². The summed E-state index contributed by atoms with van der Waals surface area (Å²) in [6.07, 6.45) is 8.25. The van der Waals surface area contributed by atoms with Gasteiger partial charge < -0.3 is 14.8 Å². The quantitative estimate of drug-likeness (QED) is 0.608. The Morgan fingerprint density at radius 2 is 2.04 bits per heavy atom. The molecule has 0 bridgehead atoms. The van der Waals surface area contributed by atoms with Crippen molar-refractivity contribution in [3.8, 4) is 5.75 Å². The van der Waals surface area contributed by atoms with Gasteiger partial charge in [-0.2, -0.15) is 0 Å². The molecule has 0 aliphatic heterocycles. The van der Waals surface area contributed by atoms with E-state index in [0.29, 0.717) is 18.2 Å². The Bertz CT molecular complexity index is 605. The molecule has 25 heavy (non-hydrogen) atoms. The van der Waals surface area contributed by atoms with Gasteiger partial charge in [-0.25, -0.2) is 4.79 Å². The van der Waals surface area contributed by atoms with Crippen molar-refractivity contribution in [3.05, 3.63) is 35.9 Å². The van der Waals surface area contributed by atoms with E-state index in [2.05, 4.69) is 5.32 Å². The fraction of sp³-hybridized carbons (Fsp3) is 0.500. The second-order valence-corrected chi connectivity index (χ2v) is 6.44. The van der Waals surface area contributed by atoms with Gasteiger partial charge in [0.05, 0.1) is 7.11 Å². The standard InChI is InChI=1S/C20H27NO4/c1-15(20(23)21-14-17-7-4-3-5-8-17)25-19(22)12-11-16-9-6-10-18(13-16)24-2/h6,9-13,15,17H,3-5,7-8,14H2,1-2H3,(H,21,23)/b12-11+/t15-/m0/s1. The highest BCUT2D eigenvalue weighted by atomic mass is 16.5. The molecule has 1 fully saturated rings. The maximum absolute atomic E-state index is 12.0. The zero-order valence-electron chi connectivity index (χ0n) is 15.0. The smallest absolute Gasteiger partial charge is 0.331 e. The van der Waals surface area contributed by atoms with Crippen LogP contribution in [0.5, 0.6) is 5.75 Å². The normalized spacial score (nSPS) is 16.4. The molecule has 1 saturated carbocycles. The lowest BCUT2D eigenvalue weighted by Crippen LogP contribution is -2.38. The second-order valence-electron chi connectivity index (χ2n) is 6.44. The van der Waals surface area contributed by atoms with Crippen LogP contribution in [0, 0.1) is 5.92 Å². The van der Waals surface area contributed by atoms with Crippen LogP contribution in [0.2, 0.25) is 0 Å². The Kier molecular flexibility index (Phi) is 7.51. The molecule has 1 atom stereocenters. The van der Waals surface area contributed by atoms with Gasteiger partial charge in [0.2, 0.25) is 0 Å². The monoisotopic (exact) mass is 345 g/mol. The van der Waals surface area contributed by atoms with Crippen molar-refractivity contribution in [1.29, 1.82) is 0 Å². The van der Waals surface area contributed by atoms with Gasteiger partial charge in [-0.1, -0.05) is 31.4 Å². The first-order valence-electron chi connectivity index (χ1n) is 8.89. The molecule has 2 rings (SSSR count). The Morgan fingerprint density at radius 3 is 2.76 bits per heavy atom. The minimum absolute atomic E-state index is 0.242. The third kappa shape index (κ3) is 6.61. The van der Waals surface area contributed by atoms with Crippen molar-refractivity contribution >= 4 is 18.0 Å². The molecule has 0 spiro atoms. The number of benzene rings is 1. The number of rotatable bonds is 7. The van der Waals surface area contributed by atoms with Gasteiger partial charge in [-0.05, 0) is 49.5 Å². The predicted octanol–water partition coefficient (Wildman–Crippen LogP) is 3.34. The SMILES string of the molecule is COc1cccc(/C=C/C(=O)O[C@@H](C)C(=O)NCC2CCCCC2)c1. The predicted molar refractivity (Wildman–Crippen MR) is 97.2 cm³/mol. The van der Waals surface area contributed by atoms with Crippen molar-refractivity contribution in [3.63, 3.8) is 0 Å². The number of carbonyl (C=O) groups excluding carboxylic acids is 2. The first kappa shape index (κ1) is 19.0. The molecule has 0 heterocycles. The Hall–Kier alpha value is -2.30. The Balaban J connectivity index is 1.76. The average molecular weight is 345 g/mol. The summed E-state index contributed by atoms with van der Waals surface area (Å²) >= 11 is 0. The average Bonchev–Trinajstić information content (AvgIpc) is 2.65. The van der Waals surface area contributed by atoms with Crippen LogP contribution in [0.1, 0.15) is 44.6 Å². The molecule has 1 aliphatic carbocycles. The van der Waals surface area contributed by atoms with Crippen LogP contribution in [0.15, 0.2) is 30.3 Å². The zero-order chi connectivity index (χ0) is 18.1. The first-order chi connectivity index (χ1) is 12.1. The van der Waals surface area contributed by atoms with Crippen molar-refractivity contribution in [2.45, 2.75) is 45.1 Å². The highest BCUT2D eigenvalue weighted by Gasteiger charge is 2.19. The van der Waals surface area contributed by atoms with Gasteiger partial charge in [0.15, 0.2) is 6.10 Å². The third-order valence-corrected chi connectivity index (χ3v) is 4.46. The summed E-state index contributed by atoms with van der Waals surface area (Å²) in [7, 11) is 1.59. The van der Waals surface area contributed by atoms with Gasteiger partial charge in [0, 0.05) is 12.6 Å². The molecule has 1 aromatic rings. The summed E-state index contributed by atoms with van der Waals surface area (Å²) in [4.78, 5) is 23.9. The van der Waals surface area contributed by atoms with Crippen molar-refractivity contribution < 1.29 is 19.1 Å². The number of hydrogen-bond donors (Lipinski definition) is 1. The minimum atomic E-state index is -0.800. The van der Waals surface area contributed by atoms with E-state index in [9.17, 15) is 9.59 Å². The number of amides is 1. The molecule has 1 amide bonds. The largest absolute Gasteiger partial charge is 0.497 e. The summed E-state index contributed by atoms with van der Waals surface area (Å²) < 4.78 is 10.3. The van der Waals surface area contributed by atoms with Gasteiger partial charge in [-0.15, -0.1) is 0 Å². The third-order valence-electron chi connectivity index (χ3n) is 4.46. The Labute approximate surface area is 149 Å². The van der Waals surface area contributed by atoms with Crippen LogP contribution in [0.3, 0.4) is 0 Å². The van der Waals surface area contributed by atoms with Crippen LogP contribution in [0.4, 0.5) is 0 Å². The fourth-order valence-corrected chi connectivity index (χ4v) is 2.96. The van der Waals surface area contributed by atoms with Gasteiger partial charge in [-0.3, -0.25) is 4.79 Å². The number of esters is 1. The fourth-order valence-electron chi connectivity index (χ4n) is 2.96. The number of carbonyl (C=O) groups is 2. The van der Waals surface area contributed by atoms with Crippen molar-refractivity contribution in [2.24, 2.45) is 5.92 Å². The summed E-state index contributed by atoms with van der Waals surface area (Å²) in [5.41, 5.74) is 0.825. The number of methoxy groups -OCH3 is 1. The van der Waals surface area contributed by atoms with E-state index in [0.717, 1.165) is 18.4 Å². The van der Waals surface area contributed by atoms with Crippen LogP contribution >= 0.6 is 0 Å². The second kappa shape index (κ2) is 9.87. The molecule has 1 aromatic carbocycles. The summed E-state index contributed by atoms with van der Waals surface area (Å²) in [6, 6.07) is 7.33. The van der Waals surface area contributed by atoms with Crippen LogP contribution in [-0.2, 0) is 14.3 Å². The highest BCUT2D eigenvalue weighted by molar-refractivity contribution is 5.90. The van der Waals surface area contributed by atoms with Crippen LogP contribution in [-0.4, -0.2) is 31.6 Å². The summed E-state index contributed by atoms with van der Waals surface area (Å²) in [5.74, 6) is 0.483. The van der Waals surface area contributed by atoms with E-state index in [-0.39, 0.29) is 5.91 Å². The first-order valence-corrected chi connectivity index (χ1v) is 8.89. The maximum Gasteiger partial charge on any atom is 0.331 e. The molecule has 5 nitrogen and oxygen atoms in total. The van der Waals surface area contributed by atoms with Gasteiger partial charge in [0.25, 0.3) is 5.91 Å². The van der Waals surface area contributed by atoms with Gasteiger partial charge in [0.1, 0.15) is 5.75 Å². The minimum Gasteiger partial charge on any atom is -0.497 e. The van der Waals surface area contributed by atoms with E-state index in [1.54, 1.807) is 20.1 Å². The van der Waals surface area contributed by atoms with Crippen LogP contribution < -0.4 is 10.1 Å². The highest BCUT2D eigenvalue weighted by Crippen LogP contribution is 2.22. The topological polar surface area (TPSA) is 64.6 Å². The zero-order valence-corrected chi connectivity index (χ0v) is 15.0. The molecular weight excluding hydrogens is 318 g/mol. The molecule has 1 N–H and O–H groups in total. The van der Waals surface area contributed by atoms with E-state index in [1.807, 2.05) is 24.3 Å². The van der Waals surface area contributed by atoms with Gasteiger partial charge >= 0.3 is 5.97 Å². The number of nitrogens with one attached hydrogen (secondary N) is 1. The molecule has 0 saturated heterocycles. The Morgan fingerprint density at radius 1 is 1.28 bits per heavy atom. The lowest BCUT2D eigenvalue weighted by atomic mass is 9.89. The molecule has 0 radical (unpaired) electrons. The number of hydrogen-bond acceptors (Lipinski definition) is 4. The molecule has 0 unspecified atom stereocenters. The molecular formula is C20H27NO4. The van der Waals surface area contributed by atoms with E-state index in [4.69, 9.17) is 9.47 Å². The molecule has 1 aliphatic rings. The number of ether oxygens (including phenoxy) is 2. The van der Waals surface area contributed by atoms with Crippen LogP contribution in [0.25, 0.3) is 6.08 Å². The van der Waals surface area contributed by atoms with E-state index in [1.165, 1.54) is 25.3 Å². The summed E-state index contributed by atoms with van der Waals surface area (Å²) in [5, 5.41) is 2.89. The lowest BCUT2D eigenvalue weighted by Gasteiger charge is -2.22. The molecule has 136 valence electrons. The van der Waals surface area contributed by atoms with E-state index >= 15 is 0 Å².